The molecule has 3 heteroatoms. The van der Waals surface area contributed by atoms with E-state index in [0.717, 1.165) is 24.9 Å². The summed E-state index contributed by atoms with van der Waals surface area (Å²) >= 11 is 0. The minimum Gasteiger partial charge on any atom is -0.355 e. The Hall–Kier alpha value is -1.35. The Morgan fingerprint density at radius 1 is 1.33 bits per heavy atom. The van der Waals surface area contributed by atoms with Gasteiger partial charge in [-0.05, 0) is 37.3 Å². The van der Waals surface area contributed by atoms with E-state index < -0.39 is 0 Å². The average Bonchev–Trinajstić information content (AvgIpc) is 2.31. The van der Waals surface area contributed by atoms with E-state index in [-0.39, 0.29) is 11.3 Å². The maximum Gasteiger partial charge on any atom is 0.224 e. The van der Waals surface area contributed by atoms with Gasteiger partial charge in [0.15, 0.2) is 0 Å². The highest BCUT2D eigenvalue weighted by Gasteiger charge is 2.35. The minimum atomic E-state index is 0.0959. The van der Waals surface area contributed by atoms with Gasteiger partial charge in [0.25, 0.3) is 0 Å². The monoisotopic (exact) mass is 246 g/mol. The van der Waals surface area contributed by atoms with Crippen molar-refractivity contribution in [3.05, 3.63) is 35.4 Å². The molecule has 0 atom stereocenters. The summed E-state index contributed by atoms with van der Waals surface area (Å²) in [5.41, 5.74) is 8.24. The third-order valence-electron chi connectivity index (χ3n) is 3.99. The van der Waals surface area contributed by atoms with E-state index in [0.29, 0.717) is 13.0 Å². The number of carbonyl (C=O) groups is 1. The van der Waals surface area contributed by atoms with Crippen molar-refractivity contribution in [2.75, 3.05) is 13.1 Å². The Morgan fingerprint density at radius 3 is 2.50 bits per heavy atom. The summed E-state index contributed by atoms with van der Waals surface area (Å²) in [6.07, 6.45) is 3.99. The van der Waals surface area contributed by atoms with Crippen LogP contribution in [-0.2, 0) is 11.2 Å². The van der Waals surface area contributed by atoms with Crippen molar-refractivity contribution in [3.63, 3.8) is 0 Å². The summed E-state index contributed by atoms with van der Waals surface area (Å²) in [6, 6.07) is 8.10. The Bertz CT molecular complexity index is 401. The summed E-state index contributed by atoms with van der Waals surface area (Å²) in [4.78, 5) is 11.8. The molecule has 0 heterocycles. The van der Waals surface area contributed by atoms with Gasteiger partial charge in [0, 0.05) is 6.54 Å². The molecule has 0 bridgehead atoms. The molecule has 98 valence electrons. The molecular weight excluding hydrogens is 224 g/mol. The highest BCUT2D eigenvalue weighted by Crippen LogP contribution is 2.39. The lowest BCUT2D eigenvalue weighted by Crippen LogP contribution is -2.47. The second-order valence-corrected chi connectivity index (χ2v) is 5.50. The molecular formula is C15H22N2O. The lowest BCUT2D eigenvalue weighted by Gasteiger charge is -2.41. The first kappa shape index (κ1) is 13.1. The molecule has 0 saturated heterocycles. The molecule has 1 saturated carbocycles. The van der Waals surface area contributed by atoms with Crippen LogP contribution in [0, 0.1) is 12.3 Å². The number of hydrogen-bond donors (Lipinski definition) is 2. The third-order valence-corrected chi connectivity index (χ3v) is 3.99. The molecule has 1 fully saturated rings. The van der Waals surface area contributed by atoms with Gasteiger partial charge in [-0.25, -0.2) is 0 Å². The summed E-state index contributed by atoms with van der Waals surface area (Å²) in [7, 11) is 0. The predicted octanol–water partition coefficient (Wildman–Crippen LogP) is 1.78. The van der Waals surface area contributed by atoms with Crippen LogP contribution in [0.1, 0.15) is 30.4 Å². The predicted molar refractivity (Wildman–Crippen MR) is 73.2 cm³/mol. The van der Waals surface area contributed by atoms with E-state index in [1.54, 1.807) is 0 Å². The molecule has 0 unspecified atom stereocenters. The second kappa shape index (κ2) is 5.53. The fraction of sp³-hybridized carbons (Fsp3) is 0.533. The van der Waals surface area contributed by atoms with E-state index in [2.05, 4.69) is 5.32 Å². The number of amides is 1. The van der Waals surface area contributed by atoms with Crippen molar-refractivity contribution in [1.29, 1.82) is 0 Å². The number of nitrogens with one attached hydrogen (secondary N) is 1. The topological polar surface area (TPSA) is 55.1 Å². The van der Waals surface area contributed by atoms with Gasteiger partial charge < -0.3 is 11.1 Å². The van der Waals surface area contributed by atoms with Crippen molar-refractivity contribution < 1.29 is 4.79 Å². The third kappa shape index (κ3) is 3.10. The van der Waals surface area contributed by atoms with E-state index in [1.165, 1.54) is 12.0 Å². The van der Waals surface area contributed by atoms with Crippen LogP contribution in [0.4, 0.5) is 0 Å². The normalized spacial score (nSPS) is 17.0. The Balaban J connectivity index is 1.80. The molecule has 1 aromatic carbocycles. The fourth-order valence-electron chi connectivity index (χ4n) is 2.37. The van der Waals surface area contributed by atoms with Crippen molar-refractivity contribution in [3.8, 4) is 0 Å². The molecule has 1 aliphatic carbocycles. The van der Waals surface area contributed by atoms with Crippen LogP contribution in [0.25, 0.3) is 0 Å². The summed E-state index contributed by atoms with van der Waals surface area (Å²) < 4.78 is 0. The van der Waals surface area contributed by atoms with Gasteiger partial charge >= 0.3 is 0 Å². The summed E-state index contributed by atoms with van der Waals surface area (Å²) in [5.74, 6) is 0.0959. The van der Waals surface area contributed by atoms with Crippen LogP contribution in [0.15, 0.2) is 24.3 Å². The number of nitrogens with two attached hydrogens (primary N) is 1. The second-order valence-electron chi connectivity index (χ2n) is 5.50. The van der Waals surface area contributed by atoms with Crippen LogP contribution in [0.3, 0.4) is 0 Å². The van der Waals surface area contributed by atoms with Crippen molar-refractivity contribution >= 4 is 5.91 Å². The van der Waals surface area contributed by atoms with Crippen LogP contribution in [0.2, 0.25) is 0 Å². The first-order valence-corrected chi connectivity index (χ1v) is 6.66. The number of rotatable bonds is 5. The quantitative estimate of drug-likeness (QED) is 0.832. The Labute approximate surface area is 109 Å². The van der Waals surface area contributed by atoms with Crippen LogP contribution in [-0.4, -0.2) is 19.0 Å². The van der Waals surface area contributed by atoms with Crippen molar-refractivity contribution in [2.45, 2.75) is 32.6 Å². The number of carbonyl (C=O) groups excluding carboxylic acids is 1. The standard InChI is InChI=1S/C15H22N2O/c1-12-3-5-13(6-4-12)9-14(18)17-11-15(10-16)7-2-8-15/h3-6H,2,7-11,16H2,1H3,(H,17,18). The van der Waals surface area contributed by atoms with E-state index in [4.69, 9.17) is 5.73 Å². The van der Waals surface area contributed by atoms with Crippen LogP contribution >= 0.6 is 0 Å². The van der Waals surface area contributed by atoms with Crippen LogP contribution < -0.4 is 11.1 Å². The maximum atomic E-state index is 11.8. The molecule has 3 N–H and O–H groups in total. The molecule has 0 aliphatic heterocycles. The zero-order chi connectivity index (χ0) is 13.0. The number of benzene rings is 1. The van der Waals surface area contributed by atoms with Gasteiger partial charge in [0.1, 0.15) is 0 Å². The molecule has 0 aromatic heterocycles. The van der Waals surface area contributed by atoms with Crippen LogP contribution in [0.5, 0.6) is 0 Å². The van der Waals surface area contributed by atoms with E-state index >= 15 is 0 Å². The van der Waals surface area contributed by atoms with Gasteiger partial charge in [0.05, 0.1) is 6.42 Å². The smallest absolute Gasteiger partial charge is 0.224 e. The Morgan fingerprint density at radius 2 is 2.00 bits per heavy atom. The molecule has 2 rings (SSSR count). The molecule has 1 aliphatic rings. The van der Waals surface area contributed by atoms with Gasteiger partial charge in [-0.2, -0.15) is 0 Å². The first-order valence-electron chi connectivity index (χ1n) is 6.66. The first-order chi connectivity index (χ1) is 8.63. The largest absolute Gasteiger partial charge is 0.355 e. The molecule has 1 aromatic rings. The maximum absolute atomic E-state index is 11.8. The molecule has 18 heavy (non-hydrogen) atoms. The van der Waals surface area contributed by atoms with Gasteiger partial charge in [-0.1, -0.05) is 36.2 Å². The Kier molecular flexibility index (Phi) is 4.02. The average molecular weight is 246 g/mol. The van der Waals surface area contributed by atoms with Gasteiger partial charge in [-0.15, -0.1) is 0 Å². The fourth-order valence-corrected chi connectivity index (χ4v) is 2.37. The zero-order valence-corrected chi connectivity index (χ0v) is 11.0. The summed E-state index contributed by atoms with van der Waals surface area (Å²) in [5, 5.41) is 3.02. The number of aryl methyl sites for hydroxylation is 1. The minimum absolute atomic E-state index is 0.0959. The molecule has 3 nitrogen and oxygen atoms in total. The number of hydrogen-bond acceptors (Lipinski definition) is 2. The highest BCUT2D eigenvalue weighted by atomic mass is 16.1. The summed E-state index contributed by atoms with van der Waals surface area (Å²) in [6.45, 7) is 3.46. The van der Waals surface area contributed by atoms with E-state index in [9.17, 15) is 4.79 Å². The van der Waals surface area contributed by atoms with Gasteiger partial charge in [-0.3, -0.25) is 4.79 Å². The highest BCUT2D eigenvalue weighted by molar-refractivity contribution is 5.78. The molecule has 0 spiro atoms. The molecule has 1 amide bonds. The lowest BCUT2D eigenvalue weighted by atomic mass is 9.69. The van der Waals surface area contributed by atoms with Gasteiger partial charge in [0.2, 0.25) is 5.91 Å². The van der Waals surface area contributed by atoms with Crippen molar-refractivity contribution in [1.82, 2.24) is 5.32 Å². The van der Waals surface area contributed by atoms with E-state index in [1.807, 2.05) is 31.2 Å². The zero-order valence-electron chi connectivity index (χ0n) is 11.0. The molecule has 0 radical (unpaired) electrons. The SMILES string of the molecule is Cc1ccc(CC(=O)NCC2(CN)CCC2)cc1. The van der Waals surface area contributed by atoms with Crippen molar-refractivity contribution in [2.24, 2.45) is 11.1 Å². The lowest BCUT2D eigenvalue weighted by molar-refractivity contribution is -0.121.